The van der Waals surface area contributed by atoms with Crippen molar-refractivity contribution < 1.29 is 9.78 Å². The minimum absolute atomic E-state index is 0.597. The summed E-state index contributed by atoms with van der Waals surface area (Å²) in [6.07, 6.45) is 1.09. The molecule has 3 nitrogen and oxygen atoms in total. The summed E-state index contributed by atoms with van der Waals surface area (Å²) in [4.78, 5) is 9.91. The SMILES string of the molecule is c1cc2c(c3c1NCC3)COO2. The smallest absolute Gasteiger partial charge is 0.171 e. The normalized spacial score (nSPS) is 18.0. The van der Waals surface area contributed by atoms with Gasteiger partial charge in [0.05, 0.1) is 0 Å². The lowest BCUT2D eigenvalue weighted by Gasteiger charge is -2.01. The van der Waals surface area contributed by atoms with Crippen LogP contribution in [0.25, 0.3) is 0 Å². The molecule has 0 unspecified atom stereocenters. The third-order valence-corrected chi connectivity index (χ3v) is 2.43. The monoisotopic (exact) mass is 163 g/mol. The van der Waals surface area contributed by atoms with Crippen LogP contribution in [0.2, 0.25) is 0 Å². The van der Waals surface area contributed by atoms with Gasteiger partial charge >= 0.3 is 0 Å². The summed E-state index contributed by atoms with van der Waals surface area (Å²) < 4.78 is 0. The fourth-order valence-electron chi connectivity index (χ4n) is 1.83. The summed E-state index contributed by atoms with van der Waals surface area (Å²) in [7, 11) is 0. The molecule has 62 valence electrons. The maximum absolute atomic E-state index is 5.00. The highest BCUT2D eigenvalue weighted by Gasteiger charge is 2.22. The zero-order chi connectivity index (χ0) is 7.97. The molecule has 0 amide bonds. The van der Waals surface area contributed by atoms with Gasteiger partial charge in [-0.2, -0.15) is 4.89 Å². The Morgan fingerprint density at radius 1 is 1.25 bits per heavy atom. The summed E-state index contributed by atoms with van der Waals surface area (Å²) >= 11 is 0. The highest BCUT2D eigenvalue weighted by Crippen LogP contribution is 2.36. The van der Waals surface area contributed by atoms with Crippen molar-refractivity contribution in [3.8, 4) is 5.75 Å². The second-order valence-corrected chi connectivity index (χ2v) is 3.09. The van der Waals surface area contributed by atoms with Crippen LogP contribution in [0.4, 0.5) is 5.69 Å². The first-order valence-electron chi connectivity index (χ1n) is 4.13. The van der Waals surface area contributed by atoms with Gasteiger partial charge in [-0.1, -0.05) is 0 Å². The molecule has 12 heavy (non-hydrogen) atoms. The number of anilines is 1. The van der Waals surface area contributed by atoms with E-state index in [-0.39, 0.29) is 0 Å². The molecule has 0 spiro atoms. The first-order chi connectivity index (χ1) is 5.95. The van der Waals surface area contributed by atoms with Gasteiger partial charge in [0.1, 0.15) is 6.61 Å². The molecule has 1 N–H and O–H groups in total. The van der Waals surface area contributed by atoms with Crippen molar-refractivity contribution in [1.29, 1.82) is 0 Å². The average Bonchev–Trinajstić information content (AvgIpc) is 2.71. The number of rotatable bonds is 0. The van der Waals surface area contributed by atoms with E-state index in [4.69, 9.17) is 9.78 Å². The van der Waals surface area contributed by atoms with E-state index >= 15 is 0 Å². The van der Waals surface area contributed by atoms with Crippen molar-refractivity contribution in [2.24, 2.45) is 0 Å². The minimum Gasteiger partial charge on any atom is -0.384 e. The zero-order valence-electron chi connectivity index (χ0n) is 6.59. The van der Waals surface area contributed by atoms with E-state index in [0.717, 1.165) is 18.7 Å². The lowest BCUT2D eigenvalue weighted by molar-refractivity contribution is -0.194. The maximum Gasteiger partial charge on any atom is 0.171 e. The first-order valence-corrected chi connectivity index (χ1v) is 4.13. The third-order valence-electron chi connectivity index (χ3n) is 2.43. The summed E-state index contributed by atoms with van der Waals surface area (Å²) in [5, 5.41) is 3.32. The molecular formula is C9H9NO2. The second-order valence-electron chi connectivity index (χ2n) is 3.09. The van der Waals surface area contributed by atoms with Crippen LogP contribution in [0, 0.1) is 0 Å². The summed E-state index contributed by atoms with van der Waals surface area (Å²) in [5.74, 6) is 0.887. The van der Waals surface area contributed by atoms with Gasteiger partial charge in [-0.3, -0.25) is 0 Å². The molecule has 3 rings (SSSR count). The van der Waals surface area contributed by atoms with Crippen molar-refractivity contribution >= 4 is 5.69 Å². The van der Waals surface area contributed by atoms with Crippen molar-refractivity contribution in [1.82, 2.24) is 0 Å². The van der Waals surface area contributed by atoms with Crippen LogP contribution >= 0.6 is 0 Å². The Morgan fingerprint density at radius 3 is 3.25 bits per heavy atom. The first kappa shape index (κ1) is 6.31. The van der Waals surface area contributed by atoms with Crippen LogP contribution in [-0.2, 0) is 17.9 Å². The topological polar surface area (TPSA) is 30.5 Å². The fourth-order valence-corrected chi connectivity index (χ4v) is 1.83. The van der Waals surface area contributed by atoms with E-state index in [1.165, 1.54) is 16.8 Å². The highest BCUT2D eigenvalue weighted by atomic mass is 17.2. The molecule has 2 aliphatic heterocycles. The van der Waals surface area contributed by atoms with E-state index in [0.29, 0.717) is 6.61 Å². The van der Waals surface area contributed by atoms with Gasteiger partial charge in [-0.15, -0.1) is 0 Å². The third kappa shape index (κ3) is 0.689. The van der Waals surface area contributed by atoms with Gasteiger partial charge < -0.3 is 10.2 Å². The van der Waals surface area contributed by atoms with Crippen LogP contribution in [0.15, 0.2) is 12.1 Å². The van der Waals surface area contributed by atoms with Crippen molar-refractivity contribution in [2.75, 3.05) is 11.9 Å². The molecule has 1 aromatic rings. The number of benzene rings is 1. The predicted molar refractivity (Wildman–Crippen MR) is 44.1 cm³/mol. The van der Waals surface area contributed by atoms with Gasteiger partial charge in [0.25, 0.3) is 0 Å². The Bertz CT molecular complexity index is 303. The standard InChI is InChI=1S/C9H9NO2/c1-2-9-7(5-11-12-9)6-3-4-10-8(1)6/h1-2,10H,3-5H2. The van der Waals surface area contributed by atoms with Crippen molar-refractivity contribution in [3.05, 3.63) is 23.3 Å². The summed E-state index contributed by atoms with van der Waals surface area (Å²) in [6.45, 7) is 1.63. The van der Waals surface area contributed by atoms with Crippen LogP contribution < -0.4 is 10.2 Å². The Hall–Kier alpha value is -1.22. The molecule has 0 fully saturated rings. The molecule has 0 atom stereocenters. The Kier molecular flexibility index (Phi) is 1.12. The summed E-state index contributed by atoms with van der Waals surface area (Å²) in [5.41, 5.74) is 3.82. The lowest BCUT2D eigenvalue weighted by Crippen LogP contribution is -1.90. The molecule has 0 saturated carbocycles. The Labute approximate surface area is 70.2 Å². The molecule has 0 radical (unpaired) electrons. The van der Waals surface area contributed by atoms with Gasteiger partial charge in [0.2, 0.25) is 0 Å². The largest absolute Gasteiger partial charge is 0.384 e. The van der Waals surface area contributed by atoms with Gasteiger partial charge in [0.15, 0.2) is 5.75 Å². The van der Waals surface area contributed by atoms with Crippen LogP contribution in [0.5, 0.6) is 5.75 Å². The number of hydrogen-bond donors (Lipinski definition) is 1. The lowest BCUT2D eigenvalue weighted by atomic mass is 10.1. The molecule has 0 aromatic heterocycles. The Morgan fingerprint density at radius 2 is 2.25 bits per heavy atom. The van der Waals surface area contributed by atoms with E-state index < -0.39 is 0 Å². The van der Waals surface area contributed by atoms with Crippen molar-refractivity contribution in [3.63, 3.8) is 0 Å². The van der Waals surface area contributed by atoms with E-state index in [1.54, 1.807) is 0 Å². The molecular weight excluding hydrogens is 154 g/mol. The average molecular weight is 163 g/mol. The fraction of sp³-hybridized carbons (Fsp3) is 0.333. The predicted octanol–water partition coefficient (Wildman–Crippen LogP) is 1.48. The molecule has 0 aliphatic carbocycles. The Balaban J connectivity index is 2.24. The molecule has 0 bridgehead atoms. The molecule has 3 heteroatoms. The number of hydrogen-bond acceptors (Lipinski definition) is 3. The quantitative estimate of drug-likeness (QED) is 0.587. The van der Waals surface area contributed by atoms with Crippen LogP contribution in [-0.4, -0.2) is 6.54 Å². The van der Waals surface area contributed by atoms with Gasteiger partial charge in [0, 0.05) is 17.8 Å². The zero-order valence-corrected chi connectivity index (χ0v) is 6.59. The molecule has 2 aliphatic rings. The van der Waals surface area contributed by atoms with Gasteiger partial charge in [-0.25, -0.2) is 0 Å². The van der Waals surface area contributed by atoms with E-state index in [9.17, 15) is 0 Å². The van der Waals surface area contributed by atoms with Gasteiger partial charge in [-0.05, 0) is 24.1 Å². The molecule has 0 saturated heterocycles. The van der Waals surface area contributed by atoms with Crippen LogP contribution in [0.1, 0.15) is 11.1 Å². The molecule has 2 heterocycles. The maximum atomic E-state index is 5.00. The molecule has 1 aromatic carbocycles. The van der Waals surface area contributed by atoms with E-state index in [1.807, 2.05) is 6.07 Å². The van der Waals surface area contributed by atoms with Crippen LogP contribution in [0.3, 0.4) is 0 Å². The van der Waals surface area contributed by atoms with Crippen molar-refractivity contribution in [2.45, 2.75) is 13.0 Å². The minimum atomic E-state index is 0.597. The highest BCUT2D eigenvalue weighted by molar-refractivity contribution is 5.62. The summed E-state index contributed by atoms with van der Waals surface area (Å²) in [6, 6.07) is 4.01. The number of fused-ring (bicyclic) bond motifs is 3. The van der Waals surface area contributed by atoms with E-state index in [2.05, 4.69) is 11.4 Å². The second kappa shape index (κ2) is 2.14. The number of nitrogens with one attached hydrogen (secondary N) is 1.